The summed E-state index contributed by atoms with van der Waals surface area (Å²) in [5.74, 6) is -0.423. The van der Waals surface area contributed by atoms with Gasteiger partial charge >= 0.3 is 11.9 Å². The molecule has 64 heavy (non-hydrogen) atoms. The van der Waals surface area contributed by atoms with E-state index in [4.69, 9.17) is 14.2 Å². The van der Waals surface area contributed by atoms with Crippen LogP contribution < -0.4 is 0 Å². The number of ether oxygens (including phenoxy) is 3. The number of rotatable bonds is 51. The lowest BCUT2D eigenvalue weighted by Crippen LogP contribution is -2.30. The Labute approximate surface area is 398 Å². The van der Waals surface area contributed by atoms with E-state index in [2.05, 4.69) is 81.5 Å². The minimum absolute atomic E-state index is 0.0595. The molecular formula is C59H106O5. The van der Waals surface area contributed by atoms with Crippen LogP contribution in [0, 0.1) is 0 Å². The lowest BCUT2D eigenvalue weighted by atomic mass is 10.0. The second-order valence-corrected chi connectivity index (χ2v) is 18.5. The van der Waals surface area contributed by atoms with E-state index in [1.165, 1.54) is 180 Å². The second-order valence-electron chi connectivity index (χ2n) is 18.5. The number of hydrogen-bond donors (Lipinski definition) is 0. The van der Waals surface area contributed by atoms with Crippen molar-refractivity contribution >= 4 is 11.9 Å². The van der Waals surface area contributed by atoms with Gasteiger partial charge in [-0.05, 0) is 51.4 Å². The Balaban J connectivity index is 4.29. The number of esters is 2. The third-order valence-electron chi connectivity index (χ3n) is 12.1. The highest BCUT2D eigenvalue weighted by molar-refractivity contribution is 5.70. The van der Waals surface area contributed by atoms with Crippen molar-refractivity contribution in [2.75, 3.05) is 19.8 Å². The molecule has 0 radical (unpaired) electrons. The topological polar surface area (TPSA) is 61.8 Å². The molecule has 0 fully saturated rings. The molecule has 0 saturated carbocycles. The van der Waals surface area contributed by atoms with Crippen LogP contribution in [-0.2, 0) is 23.8 Å². The Morgan fingerprint density at radius 2 is 0.672 bits per heavy atom. The largest absolute Gasteiger partial charge is 0.462 e. The van der Waals surface area contributed by atoms with E-state index in [9.17, 15) is 9.59 Å². The van der Waals surface area contributed by atoms with E-state index in [-0.39, 0.29) is 25.2 Å². The van der Waals surface area contributed by atoms with E-state index in [1.807, 2.05) is 0 Å². The highest BCUT2D eigenvalue weighted by Gasteiger charge is 2.17. The van der Waals surface area contributed by atoms with Crippen molar-refractivity contribution in [1.29, 1.82) is 0 Å². The van der Waals surface area contributed by atoms with Crippen LogP contribution in [0.15, 0.2) is 60.8 Å². The highest BCUT2D eigenvalue weighted by atomic mass is 16.6. The lowest BCUT2D eigenvalue weighted by molar-refractivity contribution is -0.162. The summed E-state index contributed by atoms with van der Waals surface area (Å²) in [4.78, 5) is 25.4. The van der Waals surface area contributed by atoms with Gasteiger partial charge in [-0.2, -0.15) is 0 Å². The van der Waals surface area contributed by atoms with Gasteiger partial charge in [0.15, 0.2) is 6.10 Å². The molecule has 0 bridgehead atoms. The van der Waals surface area contributed by atoms with Gasteiger partial charge in [-0.15, -0.1) is 0 Å². The Hall–Kier alpha value is -2.40. The van der Waals surface area contributed by atoms with E-state index >= 15 is 0 Å². The van der Waals surface area contributed by atoms with Crippen LogP contribution in [0.25, 0.3) is 0 Å². The third-order valence-corrected chi connectivity index (χ3v) is 12.1. The SMILES string of the molecule is CC/C=C\C/C=C\C/C=C\C/C=C\C/C=C\CCOCC(COC(=O)CCCCCCCCCCCCCCCCCCCCC)OC(=O)CCCCCCCCCCCCCCC. The molecule has 0 N–H and O–H groups in total. The summed E-state index contributed by atoms with van der Waals surface area (Å²) < 4.78 is 17.3. The zero-order valence-corrected chi connectivity index (χ0v) is 42.8. The average molecular weight is 895 g/mol. The Morgan fingerprint density at radius 1 is 0.359 bits per heavy atom. The molecule has 0 rings (SSSR count). The monoisotopic (exact) mass is 895 g/mol. The van der Waals surface area contributed by atoms with Crippen LogP contribution in [-0.4, -0.2) is 37.9 Å². The van der Waals surface area contributed by atoms with Crippen LogP contribution in [0.5, 0.6) is 0 Å². The zero-order valence-electron chi connectivity index (χ0n) is 42.8. The summed E-state index contributed by atoms with van der Waals surface area (Å²) in [6.07, 6.45) is 69.7. The molecule has 0 aromatic rings. The van der Waals surface area contributed by atoms with E-state index in [1.54, 1.807) is 0 Å². The normalized spacial score (nSPS) is 12.6. The molecule has 0 heterocycles. The van der Waals surface area contributed by atoms with Crippen LogP contribution in [0.4, 0.5) is 0 Å². The molecule has 5 heteroatoms. The minimum atomic E-state index is -0.572. The number of carbonyl (C=O) groups is 2. The van der Waals surface area contributed by atoms with Gasteiger partial charge in [0.2, 0.25) is 0 Å². The summed E-state index contributed by atoms with van der Waals surface area (Å²) >= 11 is 0. The van der Waals surface area contributed by atoms with Gasteiger partial charge in [0.25, 0.3) is 0 Å². The lowest BCUT2D eigenvalue weighted by Gasteiger charge is -2.18. The molecule has 372 valence electrons. The zero-order chi connectivity index (χ0) is 46.3. The average Bonchev–Trinajstić information content (AvgIpc) is 3.30. The Bertz CT molecular complexity index is 1100. The van der Waals surface area contributed by atoms with Gasteiger partial charge in [0, 0.05) is 12.8 Å². The van der Waals surface area contributed by atoms with Crippen LogP contribution in [0.2, 0.25) is 0 Å². The maximum atomic E-state index is 12.8. The Kier molecular flexibility index (Phi) is 52.9. The summed E-state index contributed by atoms with van der Waals surface area (Å²) in [5.41, 5.74) is 0. The number of unbranched alkanes of at least 4 members (excludes halogenated alkanes) is 30. The molecule has 0 aliphatic rings. The molecule has 0 saturated heterocycles. The van der Waals surface area contributed by atoms with E-state index < -0.39 is 6.10 Å². The molecule has 0 aliphatic heterocycles. The quantitative estimate of drug-likeness (QED) is 0.0346. The molecule has 0 aromatic carbocycles. The molecule has 1 atom stereocenters. The van der Waals surface area contributed by atoms with Crippen molar-refractivity contribution in [1.82, 2.24) is 0 Å². The number of carbonyl (C=O) groups excluding carboxylic acids is 2. The first kappa shape index (κ1) is 61.6. The fraction of sp³-hybridized carbons (Fsp3) is 0.797. The molecular weight excluding hydrogens is 789 g/mol. The summed E-state index contributed by atoms with van der Waals surface area (Å²) in [7, 11) is 0. The van der Waals surface area contributed by atoms with Crippen molar-refractivity contribution in [2.24, 2.45) is 0 Å². The first-order chi connectivity index (χ1) is 31.6. The van der Waals surface area contributed by atoms with Crippen molar-refractivity contribution in [2.45, 2.75) is 284 Å². The maximum Gasteiger partial charge on any atom is 0.306 e. The van der Waals surface area contributed by atoms with Crippen LogP contribution in [0.3, 0.4) is 0 Å². The van der Waals surface area contributed by atoms with Gasteiger partial charge in [0.05, 0.1) is 13.2 Å². The standard InChI is InChI=1S/C59H106O5/c1-4-7-10-13-16-19-22-25-27-29-30-31-32-35-37-40-43-46-49-52-58(60)63-56-57(64-59(61)53-50-47-44-41-38-34-24-21-18-15-12-9-6-3)55-62-54-51-48-45-42-39-36-33-28-26-23-20-17-14-11-8-5-2/h8,11,17,20,26,28,36,39,45,48,57H,4-7,9-10,12-16,18-19,21-25,27,29-35,37-38,40-44,46-47,49-56H2,1-3H3/b11-8-,20-17-,28-26-,39-36-,48-45-. The van der Waals surface area contributed by atoms with Gasteiger partial charge in [0.1, 0.15) is 6.61 Å². The molecule has 5 nitrogen and oxygen atoms in total. The van der Waals surface area contributed by atoms with Gasteiger partial charge < -0.3 is 14.2 Å². The highest BCUT2D eigenvalue weighted by Crippen LogP contribution is 2.16. The predicted molar refractivity (Wildman–Crippen MR) is 279 cm³/mol. The first-order valence-electron chi connectivity index (χ1n) is 27.8. The van der Waals surface area contributed by atoms with Crippen molar-refractivity contribution in [3.8, 4) is 0 Å². The third kappa shape index (κ3) is 52.2. The van der Waals surface area contributed by atoms with Crippen LogP contribution in [0.1, 0.15) is 278 Å². The predicted octanol–water partition coefficient (Wildman–Crippen LogP) is 18.9. The van der Waals surface area contributed by atoms with E-state index in [0.29, 0.717) is 19.4 Å². The molecule has 0 spiro atoms. The maximum absolute atomic E-state index is 12.8. The fourth-order valence-corrected chi connectivity index (χ4v) is 7.99. The molecule has 0 amide bonds. The van der Waals surface area contributed by atoms with Gasteiger partial charge in [-0.25, -0.2) is 0 Å². The smallest absolute Gasteiger partial charge is 0.306 e. The summed E-state index contributed by atoms with van der Waals surface area (Å²) in [6, 6.07) is 0. The van der Waals surface area contributed by atoms with Gasteiger partial charge in [-0.3, -0.25) is 9.59 Å². The summed E-state index contributed by atoms with van der Waals surface area (Å²) in [5, 5.41) is 0. The fourth-order valence-electron chi connectivity index (χ4n) is 7.99. The molecule has 0 aromatic heterocycles. The first-order valence-corrected chi connectivity index (χ1v) is 27.8. The second kappa shape index (κ2) is 54.9. The minimum Gasteiger partial charge on any atom is -0.462 e. The molecule has 1 unspecified atom stereocenters. The molecule has 0 aliphatic carbocycles. The number of allylic oxidation sites excluding steroid dienone is 9. The van der Waals surface area contributed by atoms with Gasteiger partial charge in [-0.1, -0.05) is 274 Å². The van der Waals surface area contributed by atoms with Crippen LogP contribution >= 0.6 is 0 Å². The summed E-state index contributed by atoms with van der Waals surface area (Å²) in [6.45, 7) is 7.55. The van der Waals surface area contributed by atoms with Crippen molar-refractivity contribution < 1.29 is 23.8 Å². The van der Waals surface area contributed by atoms with Crippen molar-refractivity contribution in [3.63, 3.8) is 0 Å². The number of hydrogen-bond acceptors (Lipinski definition) is 5. The van der Waals surface area contributed by atoms with E-state index in [0.717, 1.165) is 64.2 Å². The van der Waals surface area contributed by atoms with Crippen molar-refractivity contribution in [3.05, 3.63) is 60.8 Å². The Morgan fingerprint density at radius 3 is 1.03 bits per heavy atom.